The first kappa shape index (κ1) is 31.5. The molecule has 18 heteroatoms. The van der Waals surface area contributed by atoms with Crippen LogP contribution in [-0.4, -0.2) is 11.4 Å². The zero-order valence-corrected chi connectivity index (χ0v) is 19.8. The zero-order valence-electron chi connectivity index (χ0n) is 19.8. The molecule has 0 saturated carbocycles. The Labute approximate surface area is 225 Å². The van der Waals surface area contributed by atoms with Crippen molar-refractivity contribution in [1.82, 2.24) is 0 Å². The zero-order chi connectivity index (χ0) is 31.7. The fraction of sp³-hybridized carbons (Fsp3) is 0.167. The van der Waals surface area contributed by atoms with Gasteiger partial charge in [0.2, 0.25) is 6.19 Å². The second-order valence-electron chi connectivity index (χ2n) is 7.89. The lowest BCUT2D eigenvalue weighted by atomic mass is 10.1. The summed E-state index contributed by atoms with van der Waals surface area (Å²) in [6.07, 6.45) is -18.6. The predicted molar refractivity (Wildman–Crippen MR) is 117 cm³/mol. The second-order valence-corrected chi connectivity index (χ2v) is 7.89. The predicted octanol–water partition coefficient (Wildman–Crippen LogP) is 8.20. The molecule has 0 saturated heterocycles. The largest absolute Gasteiger partial charge is 0.455 e. The van der Waals surface area contributed by atoms with Gasteiger partial charge >= 0.3 is 24.7 Å². The van der Waals surface area contributed by atoms with Gasteiger partial charge in [-0.3, -0.25) is 0 Å². The Hall–Kier alpha value is -5.00. The van der Waals surface area contributed by atoms with E-state index in [0.717, 1.165) is 0 Å². The molecule has 0 aromatic heterocycles. The Morgan fingerprint density at radius 2 is 0.929 bits per heavy atom. The third-order valence-electron chi connectivity index (χ3n) is 4.95. The van der Waals surface area contributed by atoms with Crippen LogP contribution in [0.3, 0.4) is 0 Å². The van der Waals surface area contributed by atoms with Crippen LogP contribution in [0.1, 0.15) is 22.3 Å². The van der Waals surface area contributed by atoms with Gasteiger partial charge < -0.3 is 9.47 Å². The van der Waals surface area contributed by atoms with E-state index in [-0.39, 0.29) is 36.4 Å². The minimum atomic E-state index is -5.26. The summed E-state index contributed by atoms with van der Waals surface area (Å²) in [7, 11) is 0. The SMILES string of the molecule is [C-]#[N+]N=C1C=C(Oc2cc(C(F)(F)F)cc(C(F)(F)F)c2)C(=NC#N)C=C1Oc1cc(C(F)(F)F)cc(C(F)(F)F)c1. The fourth-order valence-corrected chi connectivity index (χ4v) is 3.20. The van der Waals surface area contributed by atoms with Gasteiger partial charge in [-0.25, -0.2) is 0 Å². The molecule has 1 aliphatic carbocycles. The Kier molecular flexibility index (Phi) is 8.34. The van der Waals surface area contributed by atoms with Crippen LogP contribution in [0, 0.1) is 18.0 Å². The lowest BCUT2D eigenvalue weighted by molar-refractivity contribution is -0.144. The number of alkyl halides is 12. The first-order valence-corrected chi connectivity index (χ1v) is 10.5. The number of benzene rings is 2. The second kappa shape index (κ2) is 11.1. The fourth-order valence-electron chi connectivity index (χ4n) is 3.20. The van der Waals surface area contributed by atoms with Crippen molar-refractivity contribution >= 4 is 11.4 Å². The van der Waals surface area contributed by atoms with E-state index < -0.39 is 81.4 Å². The van der Waals surface area contributed by atoms with Crippen molar-refractivity contribution in [3.63, 3.8) is 0 Å². The van der Waals surface area contributed by atoms with Crippen LogP contribution in [0.2, 0.25) is 0 Å². The number of hydrogen-bond donors (Lipinski definition) is 0. The minimum Gasteiger partial charge on any atom is -0.455 e. The van der Waals surface area contributed by atoms with Crippen molar-refractivity contribution in [2.45, 2.75) is 24.7 Å². The maximum Gasteiger partial charge on any atom is 0.416 e. The summed E-state index contributed by atoms with van der Waals surface area (Å²) in [6, 6.07) is 0.280. The minimum absolute atomic E-state index is 0.169. The van der Waals surface area contributed by atoms with E-state index in [1.54, 1.807) is 0 Å². The first-order valence-electron chi connectivity index (χ1n) is 10.5. The Balaban J connectivity index is 2.11. The highest BCUT2D eigenvalue weighted by atomic mass is 19.4. The van der Waals surface area contributed by atoms with Crippen LogP contribution in [0.15, 0.2) is 70.2 Å². The number of nitriles is 1. The van der Waals surface area contributed by atoms with Crippen molar-refractivity contribution in [3.05, 3.63) is 93.8 Å². The molecule has 3 rings (SSSR count). The van der Waals surface area contributed by atoms with Crippen LogP contribution in [-0.2, 0) is 24.7 Å². The Morgan fingerprint density at radius 3 is 1.24 bits per heavy atom. The summed E-state index contributed by atoms with van der Waals surface area (Å²) in [5.74, 6) is -3.69. The van der Waals surface area contributed by atoms with Gasteiger partial charge in [-0.05, 0) is 36.4 Å². The van der Waals surface area contributed by atoms with Crippen LogP contribution in [0.5, 0.6) is 11.5 Å². The molecule has 220 valence electrons. The van der Waals surface area contributed by atoms with Gasteiger partial charge in [0.05, 0.1) is 27.4 Å². The molecule has 0 radical (unpaired) electrons. The number of ether oxygens (including phenoxy) is 2. The summed E-state index contributed by atoms with van der Waals surface area (Å²) in [6.45, 7) is 6.91. The average Bonchev–Trinajstić information content (AvgIpc) is 2.84. The van der Waals surface area contributed by atoms with Crippen molar-refractivity contribution in [2.24, 2.45) is 10.1 Å². The van der Waals surface area contributed by atoms with E-state index in [0.29, 0.717) is 12.2 Å². The van der Waals surface area contributed by atoms with E-state index in [9.17, 15) is 52.7 Å². The topological polar surface area (TPSA) is 71.3 Å². The van der Waals surface area contributed by atoms with E-state index >= 15 is 0 Å². The Bertz CT molecular complexity index is 1410. The average molecular weight is 612 g/mol. The molecule has 6 nitrogen and oxygen atoms in total. The molecule has 0 atom stereocenters. The molecule has 2 aromatic rings. The third-order valence-corrected chi connectivity index (χ3v) is 4.95. The molecule has 0 heterocycles. The number of hydrogen-bond acceptors (Lipinski definition) is 5. The van der Waals surface area contributed by atoms with Crippen molar-refractivity contribution in [2.75, 3.05) is 0 Å². The molecule has 2 aromatic carbocycles. The first-order chi connectivity index (χ1) is 19.2. The number of allylic oxidation sites excluding steroid dienone is 2. The van der Waals surface area contributed by atoms with Crippen LogP contribution in [0.25, 0.3) is 4.95 Å². The summed E-state index contributed by atoms with van der Waals surface area (Å²) >= 11 is 0. The highest BCUT2D eigenvalue weighted by Gasteiger charge is 2.39. The smallest absolute Gasteiger partial charge is 0.416 e. The van der Waals surface area contributed by atoms with Gasteiger partial charge in [-0.1, -0.05) is 0 Å². The number of nitrogens with zero attached hydrogens (tertiary/aromatic N) is 4. The van der Waals surface area contributed by atoms with Gasteiger partial charge in [0.15, 0.2) is 17.2 Å². The van der Waals surface area contributed by atoms with E-state index in [2.05, 4.69) is 15.0 Å². The molecular weight excluding hydrogens is 604 g/mol. The quantitative estimate of drug-likeness (QED) is 0.115. The molecule has 0 unspecified atom stereocenters. The summed E-state index contributed by atoms with van der Waals surface area (Å²) in [5, 5.41) is 12.2. The highest BCUT2D eigenvalue weighted by molar-refractivity contribution is 6.22. The van der Waals surface area contributed by atoms with Gasteiger partial charge in [0.1, 0.15) is 17.2 Å². The lowest BCUT2D eigenvalue weighted by Gasteiger charge is -2.19. The van der Waals surface area contributed by atoms with Crippen LogP contribution >= 0.6 is 0 Å². The van der Waals surface area contributed by atoms with Crippen molar-refractivity contribution < 1.29 is 62.2 Å². The maximum absolute atomic E-state index is 13.2. The molecule has 1 aliphatic rings. The van der Waals surface area contributed by atoms with Gasteiger partial charge in [-0.2, -0.15) is 69.5 Å². The van der Waals surface area contributed by atoms with E-state index in [1.165, 1.54) is 6.19 Å². The molecule has 0 fully saturated rings. The van der Waals surface area contributed by atoms with Gasteiger partial charge in [0, 0.05) is 12.2 Å². The Morgan fingerprint density at radius 1 is 0.595 bits per heavy atom. The molecule has 0 aliphatic heterocycles. The summed E-state index contributed by atoms with van der Waals surface area (Å²) < 4.78 is 169. The van der Waals surface area contributed by atoms with Gasteiger partial charge in [0.25, 0.3) is 0 Å². The summed E-state index contributed by atoms with van der Waals surface area (Å²) in [4.78, 5) is 5.86. The molecule has 0 amide bonds. The third kappa shape index (κ3) is 7.59. The lowest BCUT2D eigenvalue weighted by Crippen LogP contribution is -2.21. The van der Waals surface area contributed by atoms with Crippen molar-refractivity contribution in [1.29, 1.82) is 5.26 Å². The number of aliphatic imine (C=N–C) groups is 1. The number of rotatable bonds is 4. The van der Waals surface area contributed by atoms with Crippen molar-refractivity contribution in [3.8, 4) is 17.7 Å². The maximum atomic E-state index is 13.2. The monoisotopic (exact) mass is 612 g/mol. The van der Waals surface area contributed by atoms with Gasteiger partial charge in [-0.15, -0.1) is 4.95 Å². The molecular formula is C24H8F12N4O2. The van der Waals surface area contributed by atoms with Crippen LogP contribution < -0.4 is 9.47 Å². The van der Waals surface area contributed by atoms with E-state index in [4.69, 9.17) is 21.3 Å². The van der Waals surface area contributed by atoms with E-state index in [1.807, 2.05) is 0 Å². The molecule has 0 N–H and O–H groups in total. The molecule has 0 bridgehead atoms. The number of halogens is 12. The summed E-state index contributed by atoms with van der Waals surface area (Å²) in [5.41, 5.74) is -8.54. The molecule has 0 spiro atoms. The normalized spacial score (nSPS) is 16.4. The molecule has 42 heavy (non-hydrogen) atoms. The van der Waals surface area contributed by atoms with Crippen LogP contribution in [0.4, 0.5) is 52.7 Å². The highest BCUT2D eigenvalue weighted by Crippen LogP contribution is 2.40. The standard InChI is InChI=1S/C24H8F12N4O2/c1-38-40-18-9-19(41-15-4-11(21(25,26)27)2-12(5-15)22(28,29)30)17(39-10-37)8-20(18)42-16-6-13(23(31,32)33)3-14(7-16)24(34,35)36/h2-9H.